The van der Waals surface area contributed by atoms with Gasteiger partial charge in [-0.25, -0.2) is 4.98 Å². The van der Waals surface area contributed by atoms with Crippen molar-refractivity contribution >= 4 is 0 Å². The Morgan fingerprint density at radius 1 is 1.29 bits per heavy atom. The quantitative estimate of drug-likeness (QED) is 0.861. The standard InChI is InChI=1S/C11H18F3N3/c1-10(2,3)16-7-8-6-15-9(17-8)4-5-11(12,13)14/h6,16H,4-5,7H2,1-3H3,(H,15,17). The number of nitrogens with zero attached hydrogens (tertiary/aromatic N) is 1. The Bertz CT molecular complexity index is 317. The number of halogens is 3. The SMILES string of the molecule is CC(C)(C)NCc1cnc(CCC(F)(F)F)[nH]1. The number of hydrogen-bond donors (Lipinski definition) is 2. The molecular formula is C11H18F3N3. The maximum Gasteiger partial charge on any atom is 0.389 e. The number of hydrogen-bond acceptors (Lipinski definition) is 2. The minimum Gasteiger partial charge on any atom is -0.345 e. The maximum absolute atomic E-state index is 12.0. The van der Waals surface area contributed by atoms with Gasteiger partial charge in [-0.3, -0.25) is 0 Å². The Morgan fingerprint density at radius 3 is 2.47 bits per heavy atom. The third kappa shape index (κ3) is 6.31. The molecule has 3 nitrogen and oxygen atoms in total. The fraction of sp³-hybridized carbons (Fsp3) is 0.727. The van der Waals surface area contributed by atoms with Crippen LogP contribution < -0.4 is 5.32 Å². The molecule has 0 unspecified atom stereocenters. The number of aromatic nitrogens is 2. The van der Waals surface area contributed by atoms with Crippen LogP contribution in [0.1, 0.15) is 38.7 Å². The molecule has 17 heavy (non-hydrogen) atoms. The van der Waals surface area contributed by atoms with E-state index in [9.17, 15) is 13.2 Å². The van der Waals surface area contributed by atoms with Crippen LogP contribution in [0.5, 0.6) is 0 Å². The van der Waals surface area contributed by atoms with E-state index in [-0.39, 0.29) is 12.0 Å². The van der Waals surface area contributed by atoms with Crippen LogP contribution in [0, 0.1) is 0 Å². The second kappa shape index (κ2) is 5.08. The van der Waals surface area contributed by atoms with E-state index in [1.54, 1.807) is 6.20 Å². The van der Waals surface area contributed by atoms with Crippen LogP contribution in [-0.4, -0.2) is 21.7 Å². The van der Waals surface area contributed by atoms with E-state index in [0.717, 1.165) is 5.69 Å². The van der Waals surface area contributed by atoms with Gasteiger partial charge in [0, 0.05) is 30.4 Å². The topological polar surface area (TPSA) is 40.7 Å². The highest BCUT2D eigenvalue weighted by Crippen LogP contribution is 2.21. The molecule has 0 bridgehead atoms. The molecule has 0 amide bonds. The van der Waals surface area contributed by atoms with Crippen LogP contribution >= 0.6 is 0 Å². The van der Waals surface area contributed by atoms with Gasteiger partial charge in [0.25, 0.3) is 0 Å². The van der Waals surface area contributed by atoms with Gasteiger partial charge in [-0.1, -0.05) is 0 Å². The molecule has 1 heterocycles. The number of rotatable bonds is 4. The summed E-state index contributed by atoms with van der Waals surface area (Å²) in [7, 11) is 0. The van der Waals surface area contributed by atoms with Crippen molar-refractivity contribution in [1.29, 1.82) is 0 Å². The van der Waals surface area contributed by atoms with Crippen LogP contribution in [0.15, 0.2) is 6.20 Å². The Balaban J connectivity index is 2.43. The Hall–Kier alpha value is -1.04. The van der Waals surface area contributed by atoms with Crippen molar-refractivity contribution < 1.29 is 13.2 Å². The zero-order chi connectivity index (χ0) is 13.1. The molecule has 0 aliphatic rings. The van der Waals surface area contributed by atoms with Gasteiger partial charge in [-0.05, 0) is 20.8 Å². The van der Waals surface area contributed by atoms with E-state index in [2.05, 4.69) is 15.3 Å². The number of imidazole rings is 1. The average Bonchev–Trinajstić information content (AvgIpc) is 2.57. The van der Waals surface area contributed by atoms with Gasteiger partial charge < -0.3 is 10.3 Å². The van der Waals surface area contributed by atoms with E-state index in [1.165, 1.54) is 0 Å². The first-order chi connectivity index (χ1) is 7.66. The van der Waals surface area contributed by atoms with Crippen LogP contribution in [-0.2, 0) is 13.0 Å². The fourth-order valence-electron chi connectivity index (χ4n) is 1.24. The maximum atomic E-state index is 12.0. The summed E-state index contributed by atoms with van der Waals surface area (Å²) in [6, 6.07) is 0. The van der Waals surface area contributed by atoms with Gasteiger partial charge in [-0.2, -0.15) is 13.2 Å². The molecule has 6 heteroatoms. The van der Waals surface area contributed by atoms with E-state index in [1.807, 2.05) is 20.8 Å². The molecule has 0 radical (unpaired) electrons. The highest BCUT2D eigenvalue weighted by atomic mass is 19.4. The average molecular weight is 249 g/mol. The van der Waals surface area contributed by atoms with Gasteiger partial charge >= 0.3 is 6.18 Å². The molecule has 98 valence electrons. The number of alkyl halides is 3. The minimum atomic E-state index is -4.13. The lowest BCUT2D eigenvalue weighted by molar-refractivity contribution is -0.134. The van der Waals surface area contributed by atoms with E-state index in [4.69, 9.17) is 0 Å². The van der Waals surface area contributed by atoms with Crippen LogP contribution in [0.2, 0.25) is 0 Å². The minimum absolute atomic E-state index is 0.0305. The third-order valence-corrected chi connectivity index (χ3v) is 2.14. The summed E-state index contributed by atoms with van der Waals surface area (Å²) in [4.78, 5) is 6.81. The van der Waals surface area contributed by atoms with Crippen molar-refractivity contribution in [1.82, 2.24) is 15.3 Å². The first-order valence-electron chi connectivity index (χ1n) is 5.50. The highest BCUT2D eigenvalue weighted by Gasteiger charge is 2.27. The summed E-state index contributed by atoms with van der Waals surface area (Å²) in [5.41, 5.74) is 0.772. The summed E-state index contributed by atoms with van der Waals surface area (Å²) in [6.45, 7) is 6.64. The molecular weight excluding hydrogens is 231 g/mol. The molecule has 0 spiro atoms. The van der Waals surface area contributed by atoms with Crippen LogP contribution in [0.3, 0.4) is 0 Å². The smallest absolute Gasteiger partial charge is 0.345 e. The van der Waals surface area contributed by atoms with Gasteiger partial charge in [0.15, 0.2) is 0 Å². The molecule has 0 saturated heterocycles. The summed E-state index contributed by atoms with van der Waals surface area (Å²) in [6.07, 6.45) is -3.49. The fourth-order valence-corrected chi connectivity index (χ4v) is 1.24. The van der Waals surface area contributed by atoms with Crippen molar-refractivity contribution in [3.05, 3.63) is 17.7 Å². The molecule has 1 aromatic heterocycles. The third-order valence-electron chi connectivity index (χ3n) is 2.14. The molecule has 0 aliphatic heterocycles. The van der Waals surface area contributed by atoms with E-state index < -0.39 is 12.6 Å². The van der Waals surface area contributed by atoms with Gasteiger partial charge in [0.1, 0.15) is 5.82 Å². The van der Waals surface area contributed by atoms with Crippen molar-refractivity contribution in [2.45, 2.75) is 51.9 Å². The second-order valence-corrected chi connectivity index (χ2v) is 5.07. The normalized spacial score (nSPS) is 13.1. The van der Waals surface area contributed by atoms with Crippen molar-refractivity contribution in [2.75, 3.05) is 0 Å². The summed E-state index contributed by atoms with van der Waals surface area (Å²) in [5, 5.41) is 3.23. The summed E-state index contributed by atoms with van der Waals surface area (Å²) >= 11 is 0. The van der Waals surface area contributed by atoms with Crippen LogP contribution in [0.4, 0.5) is 13.2 Å². The Morgan fingerprint density at radius 2 is 1.94 bits per heavy atom. The monoisotopic (exact) mass is 249 g/mol. The molecule has 0 aliphatic carbocycles. The summed E-state index contributed by atoms with van der Waals surface area (Å²) in [5.74, 6) is 0.382. The number of aromatic amines is 1. The molecule has 0 fully saturated rings. The van der Waals surface area contributed by atoms with E-state index >= 15 is 0 Å². The van der Waals surface area contributed by atoms with Crippen LogP contribution in [0.25, 0.3) is 0 Å². The Kier molecular flexibility index (Phi) is 4.19. The molecule has 0 saturated carbocycles. The zero-order valence-corrected chi connectivity index (χ0v) is 10.3. The predicted octanol–water partition coefficient (Wildman–Crippen LogP) is 2.79. The van der Waals surface area contributed by atoms with Gasteiger partial charge in [-0.15, -0.1) is 0 Å². The van der Waals surface area contributed by atoms with Crippen molar-refractivity contribution in [3.63, 3.8) is 0 Å². The molecule has 1 aromatic rings. The number of nitrogens with one attached hydrogen (secondary N) is 2. The first-order valence-corrected chi connectivity index (χ1v) is 5.50. The first kappa shape index (κ1) is 14.0. The van der Waals surface area contributed by atoms with Crippen molar-refractivity contribution in [3.8, 4) is 0 Å². The van der Waals surface area contributed by atoms with E-state index in [0.29, 0.717) is 12.4 Å². The number of aryl methyl sites for hydroxylation is 1. The van der Waals surface area contributed by atoms with Gasteiger partial charge in [0.2, 0.25) is 0 Å². The summed E-state index contributed by atoms with van der Waals surface area (Å²) < 4.78 is 36.0. The predicted molar refractivity (Wildman–Crippen MR) is 59.6 cm³/mol. The lowest BCUT2D eigenvalue weighted by atomic mass is 10.1. The molecule has 2 N–H and O–H groups in total. The molecule has 1 rings (SSSR count). The molecule has 0 aromatic carbocycles. The second-order valence-electron chi connectivity index (χ2n) is 5.07. The lowest BCUT2D eigenvalue weighted by Gasteiger charge is -2.19. The van der Waals surface area contributed by atoms with Crippen molar-refractivity contribution in [2.24, 2.45) is 0 Å². The highest BCUT2D eigenvalue weighted by molar-refractivity contribution is 5.02. The molecule has 0 atom stereocenters. The zero-order valence-electron chi connectivity index (χ0n) is 10.3. The number of H-pyrrole nitrogens is 1. The lowest BCUT2D eigenvalue weighted by Crippen LogP contribution is -2.35. The largest absolute Gasteiger partial charge is 0.389 e. The van der Waals surface area contributed by atoms with Gasteiger partial charge in [0.05, 0.1) is 6.42 Å². The Labute approximate surface area is 98.8 Å².